The summed E-state index contributed by atoms with van der Waals surface area (Å²) in [6, 6.07) is 12.3. The molecule has 2 nitrogen and oxygen atoms in total. The van der Waals surface area contributed by atoms with E-state index in [1.54, 1.807) is 0 Å². The fourth-order valence-electron chi connectivity index (χ4n) is 2.27. The molecular formula is C13H10N2. The van der Waals surface area contributed by atoms with Crippen LogP contribution in [0.25, 0.3) is 10.8 Å². The van der Waals surface area contributed by atoms with Crippen LogP contribution in [0.4, 0.5) is 5.69 Å². The molecule has 0 amide bonds. The molecule has 1 heterocycles. The zero-order chi connectivity index (χ0) is 10.3. The van der Waals surface area contributed by atoms with Crippen molar-refractivity contribution in [3.63, 3.8) is 0 Å². The van der Waals surface area contributed by atoms with Gasteiger partial charge >= 0.3 is 0 Å². The van der Waals surface area contributed by atoms with E-state index < -0.39 is 0 Å². The smallest absolute Gasteiger partial charge is 0.0998 e. The zero-order valence-electron chi connectivity index (χ0n) is 8.25. The van der Waals surface area contributed by atoms with E-state index in [1.807, 2.05) is 18.2 Å². The molecule has 15 heavy (non-hydrogen) atoms. The monoisotopic (exact) mass is 194 g/mol. The number of anilines is 1. The van der Waals surface area contributed by atoms with Crippen molar-refractivity contribution in [2.75, 3.05) is 11.9 Å². The Bertz CT molecular complexity index is 579. The van der Waals surface area contributed by atoms with Crippen LogP contribution in [0.2, 0.25) is 0 Å². The molecule has 2 heteroatoms. The van der Waals surface area contributed by atoms with Gasteiger partial charge in [-0.3, -0.25) is 0 Å². The Hall–Kier alpha value is -2.01. The summed E-state index contributed by atoms with van der Waals surface area (Å²) in [7, 11) is 0. The Kier molecular flexibility index (Phi) is 1.66. The number of fused-ring (bicyclic) bond motifs is 3. The predicted octanol–water partition coefficient (Wildman–Crippen LogP) is 2.68. The van der Waals surface area contributed by atoms with Gasteiger partial charge in [0, 0.05) is 12.2 Å². The summed E-state index contributed by atoms with van der Waals surface area (Å²) in [5.74, 6) is 0. The number of nitrogens with one attached hydrogen (secondary N) is 1. The van der Waals surface area contributed by atoms with Gasteiger partial charge in [0.15, 0.2) is 0 Å². The molecule has 2 aromatic rings. The second-order valence-electron chi connectivity index (χ2n) is 3.78. The first kappa shape index (κ1) is 8.31. The number of rotatable bonds is 0. The van der Waals surface area contributed by atoms with Crippen molar-refractivity contribution in [3.05, 3.63) is 41.5 Å². The van der Waals surface area contributed by atoms with Crippen LogP contribution >= 0.6 is 0 Å². The summed E-state index contributed by atoms with van der Waals surface area (Å²) in [5.41, 5.74) is 3.34. The molecule has 0 atom stereocenters. The normalized spacial score (nSPS) is 13.3. The SMILES string of the molecule is N#Cc1cccc2c3c(ccc12)NCC3. The molecule has 1 N–H and O–H groups in total. The van der Waals surface area contributed by atoms with Gasteiger partial charge in [0.25, 0.3) is 0 Å². The highest BCUT2D eigenvalue weighted by Gasteiger charge is 2.13. The second kappa shape index (κ2) is 2.99. The van der Waals surface area contributed by atoms with E-state index in [1.165, 1.54) is 16.6 Å². The first-order valence-corrected chi connectivity index (χ1v) is 5.09. The number of hydrogen-bond donors (Lipinski definition) is 1. The van der Waals surface area contributed by atoms with Crippen LogP contribution in [0.3, 0.4) is 0 Å². The molecule has 0 bridgehead atoms. The van der Waals surface area contributed by atoms with Crippen molar-refractivity contribution in [2.24, 2.45) is 0 Å². The Labute approximate surface area is 88.1 Å². The molecular weight excluding hydrogens is 184 g/mol. The average Bonchev–Trinajstić information content (AvgIpc) is 2.76. The van der Waals surface area contributed by atoms with Crippen LogP contribution in [0.1, 0.15) is 11.1 Å². The Morgan fingerprint density at radius 3 is 2.93 bits per heavy atom. The lowest BCUT2D eigenvalue weighted by atomic mass is 9.99. The van der Waals surface area contributed by atoms with Crippen molar-refractivity contribution in [1.82, 2.24) is 0 Å². The molecule has 0 saturated heterocycles. The van der Waals surface area contributed by atoms with Gasteiger partial charge in [-0.1, -0.05) is 18.2 Å². The van der Waals surface area contributed by atoms with Gasteiger partial charge in [-0.15, -0.1) is 0 Å². The highest BCUT2D eigenvalue weighted by atomic mass is 14.9. The van der Waals surface area contributed by atoms with E-state index in [0.29, 0.717) is 0 Å². The minimum atomic E-state index is 0.766. The Morgan fingerprint density at radius 1 is 1.13 bits per heavy atom. The molecule has 72 valence electrons. The molecule has 0 unspecified atom stereocenters. The summed E-state index contributed by atoms with van der Waals surface area (Å²) in [6.07, 6.45) is 1.06. The standard InChI is InChI=1S/C13H10N2/c14-8-9-2-1-3-11-10(9)4-5-13-12(11)6-7-15-13/h1-5,15H,6-7H2. The van der Waals surface area contributed by atoms with Crippen LogP contribution < -0.4 is 5.32 Å². The molecule has 0 aromatic heterocycles. The van der Waals surface area contributed by atoms with Crippen molar-refractivity contribution in [2.45, 2.75) is 6.42 Å². The first-order chi connectivity index (χ1) is 7.40. The number of nitriles is 1. The maximum Gasteiger partial charge on any atom is 0.0998 e. The van der Waals surface area contributed by atoms with E-state index in [9.17, 15) is 0 Å². The second-order valence-corrected chi connectivity index (χ2v) is 3.78. The largest absolute Gasteiger partial charge is 0.384 e. The lowest BCUT2D eigenvalue weighted by Gasteiger charge is -2.05. The van der Waals surface area contributed by atoms with E-state index in [-0.39, 0.29) is 0 Å². The van der Waals surface area contributed by atoms with Crippen LogP contribution in [0, 0.1) is 11.3 Å². The van der Waals surface area contributed by atoms with Gasteiger partial charge in [-0.05, 0) is 34.9 Å². The van der Waals surface area contributed by atoms with Crippen LogP contribution in [-0.2, 0) is 6.42 Å². The summed E-state index contributed by atoms with van der Waals surface area (Å²) >= 11 is 0. The van der Waals surface area contributed by atoms with Gasteiger partial charge < -0.3 is 5.32 Å². The molecule has 1 aliphatic rings. The van der Waals surface area contributed by atoms with Crippen molar-refractivity contribution < 1.29 is 0 Å². The summed E-state index contributed by atoms with van der Waals surface area (Å²) < 4.78 is 0. The highest BCUT2D eigenvalue weighted by molar-refractivity contribution is 5.94. The third kappa shape index (κ3) is 1.10. The minimum Gasteiger partial charge on any atom is -0.384 e. The van der Waals surface area contributed by atoms with Crippen molar-refractivity contribution in [1.29, 1.82) is 5.26 Å². The number of hydrogen-bond acceptors (Lipinski definition) is 2. The lowest BCUT2D eigenvalue weighted by Crippen LogP contribution is -1.90. The lowest BCUT2D eigenvalue weighted by molar-refractivity contribution is 1.11. The van der Waals surface area contributed by atoms with Gasteiger partial charge in [-0.25, -0.2) is 0 Å². The number of nitrogens with zero attached hydrogens (tertiary/aromatic N) is 1. The molecule has 0 aliphatic carbocycles. The maximum atomic E-state index is 9.02. The van der Waals surface area contributed by atoms with E-state index in [0.717, 1.165) is 23.9 Å². The summed E-state index contributed by atoms with van der Waals surface area (Å²) in [6.45, 7) is 1.01. The van der Waals surface area contributed by atoms with E-state index in [4.69, 9.17) is 5.26 Å². The highest BCUT2D eigenvalue weighted by Crippen LogP contribution is 2.31. The fraction of sp³-hybridized carbons (Fsp3) is 0.154. The quantitative estimate of drug-likeness (QED) is 0.699. The molecule has 0 radical (unpaired) electrons. The first-order valence-electron chi connectivity index (χ1n) is 5.09. The van der Waals surface area contributed by atoms with E-state index in [2.05, 4.69) is 23.5 Å². The molecule has 1 aliphatic heterocycles. The van der Waals surface area contributed by atoms with Crippen molar-refractivity contribution >= 4 is 16.5 Å². The van der Waals surface area contributed by atoms with Gasteiger partial charge in [-0.2, -0.15) is 5.26 Å². The van der Waals surface area contributed by atoms with Gasteiger partial charge in [0.1, 0.15) is 0 Å². The number of benzene rings is 2. The van der Waals surface area contributed by atoms with Crippen LogP contribution in [0.15, 0.2) is 30.3 Å². The van der Waals surface area contributed by atoms with E-state index >= 15 is 0 Å². The van der Waals surface area contributed by atoms with Crippen molar-refractivity contribution in [3.8, 4) is 6.07 Å². The average molecular weight is 194 g/mol. The molecule has 0 fully saturated rings. The molecule has 3 rings (SSSR count). The minimum absolute atomic E-state index is 0.766. The Balaban J connectivity index is 2.44. The van der Waals surface area contributed by atoms with Gasteiger partial charge in [0.05, 0.1) is 11.6 Å². The maximum absolute atomic E-state index is 9.02. The fourth-order valence-corrected chi connectivity index (χ4v) is 2.27. The molecule has 2 aromatic carbocycles. The summed E-state index contributed by atoms with van der Waals surface area (Å²) in [5, 5.41) is 14.7. The van der Waals surface area contributed by atoms with Gasteiger partial charge in [0.2, 0.25) is 0 Å². The van der Waals surface area contributed by atoms with Crippen LogP contribution in [0.5, 0.6) is 0 Å². The Morgan fingerprint density at radius 2 is 2.07 bits per heavy atom. The topological polar surface area (TPSA) is 35.8 Å². The third-order valence-electron chi connectivity index (χ3n) is 2.98. The molecule has 0 spiro atoms. The third-order valence-corrected chi connectivity index (χ3v) is 2.98. The zero-order valence-corrected chi connectivity index (χ0v) is 8.25. The summed E-state index contributed by atoms with van der Waals surface area (Å²) in [4.78, 5) is 0. The molecule has 0 saturated carbocycles. The van der Waals surface area contributed by atoms with Crippen LogP contribution in [-0.4, -0.2) is 6.54 Å². The predicted molar refractivity (Wildman–Crippen MR) is 60.9 cm³/mol.